The third-order valence-corrected chi connectivity index (χ3v) is 2.77. The van der Waals surface area contributed by atoms with Crippen LogP contribution in [0.4, 0.5) is 0 Å². The zero-order valence-corrected chi connectivity index (χ0v) is 8.62. The monoisotopic (exact) mass is 191 g/mol. The molecule has 1 heterocycles. The molecule has 1 aromatic rings. The van der Waals surface area contributed by atoms with Crippen molar-refractivity contribution in [1.29, 1.82) is 0 Å². The van der Waals surface area contributed by atoms with Crippen LogP contribution in [0.1, 0.15) is 18.9 Å². The number of rotatable bonds is 1. The van der Waals surface area contributed by atoms with Crippen LogP contribution < -0.4 is 5.32 Å². The van der Waals surface area contributed by atoms with Gasteiger partial charge in [-0.05, 0) is 25.5 Å². The number of nitrogens with one attached hydrogen (secondary N) is 1. The van der Waals surface area contributed by atoms with Gasteiger partial charge in [-0.25, -0.2) is 0 Å². The molecule has 1 fully saturated rings. The van der Waals surface area contributed by atoms with Crippen LogP contribution in [0, 0.1) is 0 Å². The molecule has 2 nitrogen and oxygen atoms in total. The Labute approximate surface area is 85.3 Å². The average molecular weight is 191 g/mol. The van der Waals surface area contributed by atoms with E-state index in [0.29, 0.717) is 0 Å². The van der Waals surface area contributed by atoms with Crippen molar-refractivity contribution in [2.75, 3.05) is 19.7 Å². The lowest BCUT2D eigenvalue weighted by Crippen LogP contribution is -2.35. The van der Waals surface area contributed by atoms with Crippen molar-refractivity contribution < 1.29 is 4.74 Å². The van der Waals surface area contributed by atoms with E-state index in [1.54, 1.807) is 0 Å². The van der Waals surface area contributed by atoms with E-state index in [0.717, 1.165) is 26.1 Å². The first-order valence-electron chi connectivity index (χ1n) is 5.21. The van der Waals surface area contributed by atoms with E-state index >= 15 is 0 Å². The third-order valence-electron chi connectivity index (χ3n) is 2.77. The Kier molecular flexibility index (Phi) is 2.85. The molecule has 0 spiro atoms. The van der Waals surface area contributed by atoms with Gasteiger partial charge in [-0.3, -0.25) is 0 Å². The largest absolute Gasteiger partial charge is 0.369 e. The van der Waals surface area contributed by atoms with Gasteiger partial charge >= 0.3 is 0 Å². The Balaban J connectivity index is 2.21. The van der Waals surface area contributed by atoms with Gasteiger partial charge in [0.1, 0.15) is 5.60 Å². The Morgan fingerprint density at radius 1 is 1.29 bits per heavy atom. The average Bonchev–Trinajstić information content (AvgIpc) is 2.46. The van der Waals surface area contributed by atoms with E-state index in [4.69, 9.17) is 4.74 Å². The lowest BCUT2D eigenvalue weighted by molar-refractivity contribution is -0.0230. The van der Waals surface area contributed by atoms with Crippen molar-refractivity contribution in [2.45, 2.75) is 18.9 Å². The Morgan fingerprint density at radius 2 is 2.07 bits per heavy atom. The predicted octanol–water partition coefficient (Wildman–Crippen LogP) is 1.91. The third kappa shape index (κ3) is 1.97. The molecule has 14 heavy (non-hydrogen) atoms. The lowest BCUT2D eigenvalue weighted by atomic mass is 9.96. The van der Waals surface area contributed by atoms with Crippen LogP contribution in [0.3, 0.4) is 0 Å². The molecule has 1 aliphatic rings. The van der Waals surface area contributed by atoms with Gasteiger partial charge in [-0.15, -0.1) is 0 Å². The van der Waals surface area contributed by atoms with Gasteiger partial charge in [0.05, 0.1) is 0 Å². The molecule has 1 N–H and O–H groups in total. The van der Waals surface area contributed by atoms with E-state index in [9.17, 15) is 0 Å². The fraction of sp³-hybridized carbons (Fsp3) is 0.500. The zero-order valence-electron chi connectivity index (χ0n) is 8.62. The van der Waals surface area contributed by atoms with Crippen LogP contribution in [-0.2, 0) is 10.3 Å². The molecule has 1 unspecified atom stereocenters. The second-order valence-electron chi connectivity index (χ2n) is 3.98. The van der Waals surface area contributed by atoms with E-state index in [-0.39, 0.29) is 5.60 Å². The summed E-state index contributed by atoms with van der Waals surface area (Å²) >= 11 is 0. The number of hydrogen-bond acceptors (Lipinski definition) is 2. The van der Waals surface area contributed by atoms with Crippen LogP contribution in [0.5, 0.6) is 0 Å². The first-order chi connectivity index (χ1) is 6.81. The summed E-state index contributed by atoms with van der Waals surface area (Å²) in [4.78, 5) is 0. The Hall–Kier alpha value is -0.860. The predicted molar refractivity (Wildman–Crippen MR) is 57.2 cm³/mol. The number of ether oxygens (including phenoxy) is 1. The molecular weight excluding hydrogens is 174 g/mol. The molecule has 0 aliphatic carbocycles. The first kappa shape index (κ1) is 9.69. The van der Waals surface area contributed by atoms with Crippen molar-refractivity contribution >= 4 is 0 Å². The second-order valence-corrected chi connectivity index (χ2v) is 3.98. The maximum absolute atomic E-state index is 5.91. The van der Waals surface area contributed by atoms with Gasteiger partial charge in [-0.1, -0.05) is 30.3 Å². The molecule has 0 bridgehead atoms. The molecule has 1 aliphatic heterocycles. The van der Waals surface area contributed by atoms with E-state index in [1.807, 2.05) is 6.07 Å². The van der Waals surface area contributed by atoms with Crippen LogP contribution >= 0.6 is 0 Å². The molecular formula is C12H17NO. The summed E-state index contributed by atoms with van der Waals surface area (Å²) in [7, 11) is 0. The SMILES string of the molecule is CC1(c2ccccc2)CNCCCO1. The highest BCUT2D eigenvalue weighted by Crippen LogP contribution is 2.25. The second kappa shape index (κ2) is 4.11. The first-order valence-corrected chi connectivity index (χ1v) is 5.21. The molecule has 2 heteroatoms. The van der Waals surface area contributed by atoms with Gasteiger partial charge in [0.25, 0.3) is 0 Å². The van der Waals surface area contributed by atoms with Crippen molar-refractivity contribution in [3.63, 3.8) is 0 Å². The molecule has 1 atom stereocenters. The van der Waals surface area contributed by atoms with Crippen molar-refractivity contribution in [2.24, 2.45) is 0 Å². The molecule has 1 saturated heterocycles. The number of hydrogen-bond donors (Lipinski definition) is 1. The molecule has 0 radical (unpaired) electrons. The number of benzene rings is 1. The van der Waals surface area contributed by atoms with E-state index in [2.05, 4.69) is 36.5 Å². The van der Waals surface area contributed by atoms with Crippen LogP contribution in [-0.4, -0.2) is 19.7 Å². The lowest BCUT2D eigenvalue weighted by Gasteiger charge is -2.28. The normalized spacial score (nSPS) is 28.4. The minimum Gasteiger partial charge on any atom is -0.369 e. The summed E-state index contributed by atoms with van der Waals surface area (Å²) in [5, 5.41) is 3.41. The van der Waals surface area contributed by atoms with Crippen LogP contribution in [0.15, 0.2) is 30.3 Å². The molecule has 0 saturated carbocycles. The van der Waals surface area contributed by atoms with E-state index < -0.39 is 0 Å². The summed E-state index contributed by atoms with van der Waals surface area (Å²) < 4.78 is 5.91. The highest BCUT2D eigenvalue weighted by Gasteiger charge is 2.28. The molecule has 76 valence electrons. The standard InChI is InChI=1S/C12H17NO/c1-12(10-13-8-5-9-14-12)11-6-3-2-4-7-11/h2-4,6-7,13H,5,8-10H2,1H3. The van der Waals surface area contributed by atoms with Gasteiger partial charge in [0.2, 0.25) is 0 Å². The van der Waals surface area contributed by atoms with Gasteiger partial charge in [0, 0.05) is 13.2 Å². The van der Waals surface area contributed by atoms with Crippen LogP contribution in [0.25, 0.3) is 0 Å². The molecule has 0 amide bonds. The maximum atomic E-state index is 5.91. The smallest absolute Gasteiger partial charge is 0.103 e. The highest BCUT2D eigenvalue weighted by molar-refractivity contribution is 5.22. The summed E-state index contributed by atoms with van der Waals surface area (Å²) in [6.07, 6.45) is 1.10. The maximum Gasteiger partial charge on any atom is 0.103 e. The quantitative estimate of drug-likeness (QED) is 0.732. The van der Waals surface area contributed by atoms with Gasteiger partial charge < -0.3 is 10.1 Å². The summed E-state index contributed by atoms with van der Waals surface area (Å²) in [6, 6.07) is 10.4. The van der Waals surface area contributed by atoms with Gasteiger partial charge in [-0.2, -0.15) is 0 Å². The Bertz CT molecular complexity index is 276. The summed E-state index contributed by atoms with van der Waals surface area (Å²) in [5.74, 6) is 0. The van der Waals surface area contributed by atoms with Crippen molar-refractivity contribution in [1.82, 2.24) is 5.32 Å². The minimum absolute atomic E-state index is 0.155. The highest BCUT2D eigenvalue weighted by atomic mass is 16.5. The summed E-state index contributed by atoms with van der Waals surface area (Å²) in [6.45, 7) is 4.96. The fourth-order valence-corrected chi connectivity index (χ4v) is 1.85. The molecule has 0 aromatic heterocycles. The van der Waals surface area contributed by atoms with Crippen molar-refractivity contribution in [3.8, 4) is 0 Å². The molecule has 2 rings (SSSR count). The summed E-state index contributed by atoms with van der Waals surface area (Å²) in [5.41, 5.74) is 1.10. The zero-order chi connectivity index (χ0) is 9.86. The topological polar surface area (TPSA) is 21.3 Å². The Morgan fingerprint density at radius 3 is 2.86 bits per heavy atom. The minimum atomic E-state index is -0.155. The van der Waals surface area contributed by atoms with Gasteiger partial charge in [0.15, 0.2) is 0 Å². The molecule has 1 aromatic carbocycles. The van der Waals surface area contributed by atoms with E-state index in [1.165, 1.54) is 5.56 Å². The van der Waals surface area contributed by atoms with Crippen LogP contribution in [0.2, 0.25) is 0 Å². The fourth-order valence-electron chi connectivity index (χ4n) is 1.85. The van der Waals surface area contributed by atoms with Crippen molar-refractivity contribution in [3.05, 3.63) is 35.9 Å².